The van der Waals surface area contributed by atoms with Gasteiger partial charge in [-0.2, -0.15) is 0 Å². The van der Waals surface area contributed by atoms with Gasteiger partial charge in [-0.15, -0.1) is 0 Å². The van der Waals surface area contributed by atoms with E-state index in [2.05, 4.69) is 5.32 Å². The number of thioether (sulfide) groups is 1. The molecule has 4 rings (SSSR count). The Morgan fingerprint density at radius 2 is 1.86 bits per heavy atom. The normalized spacial score (nSPS) is 14.2. The predicted molar refractivity (Wildman–Crippen MR) is 141 cm³/mol. The van der Waals surface area contributed by atoms with E-state index >= 15 is 0 Å². The van der Waals surface area contributed by atoms with E-state index < -0.39 is 22.0 Å². The highest BCUT2D eigenvalue weighted by Gasteiger charge is 2.35. The van der Waals surface area contributed by atoms with Crippen molar-refractivity contribution >= 4 is 57.9 Å². The van der Waals surface area contributed by atoms with Crippen LogP contribution in [0, 0.1) is 17.0 Å². The van der Waals surface area contributed by atoms with Gasteiger partial charge in [0.15, 0.2) is 6.61 Å². The number of halogens is 1. The first-order valence-electron chi connectivity index (χ1n) is 11.0. The molecule has 1 N–H and O–H groups in total. The molecule has 188 valence electrons. The van der Waals surface area contributed by atoms with Crippen molar-refractivity contribution in [2.45, 2.75) is 13.5 Å². The van der Waals surface area contributed by atoms with Crippen molar-refractivity contribution in [2.75, 3.05) is 11.9 Å². The molecule has 1 aliphatic heterocycles. The van der Waals surface area contributed by atoms with Crippen LogP contribution in [-0.2, 0) is 16.1 Å². The fraction of sp³-hybridized carbons (Fsp3) is 0.115. The number of amides is 3. The third kappa shape index (κ3) is 6.35. The quantitative estimate of drug-likeness (QED) is 0.219. The minimum atomic E-state index is -0.520. The van der Waals surface area contributed by atoms with Gasteiger partial charge in [-0.05, 0) is 54.1 Å². The summed E-state index contributed by atoms with van der Waals surface area (Å²) in [5.74, 6) is -0.517. The average Bonchev–Trinajstić information content (AvgIpc) is 3.13. The van der Waals surface area contributed by atoms with Gasteiger partial charge in [0.25, 0.3) is 22.7 Å². The Morgan fingerprint density at radius 3 is 2.57 bits per heavy atom. The van der Waals surface area contributed by atoms with Crippen LogP contribution in [0.2, 0.25) is 5.02 Å². The second-order valence-corrected chi connectivity index (χ2v) is 9.43. The number of nitro groups is 1. The first kappa shape index (κ1) is 25.9. The maximum absolute atomic E-state index is 12.9. The summed E-state index contributed by atoms with van der Waals surface area (Å²) in [5, 5.41) is 13.6. The summed E-state index contributed by atoms with van der Waals surface area (Å²) in [6, 6.07) is 17.7. The van der Waals surface area contributed by atoms with Gasteiger partial charge in [0, 0.05) is 28.4 Å². The van der Waals surface area contributed by atoms with Gasteiger partial charge in [-0.25, -0.2) is 0 Å². The number of para-hydroxylation sites is 1. The van der Waals surface area contributed by atoms with Crippen LogP contribution >= 0.6 is 23.4 Å². The van der Waals surface area contributed by atoms with E-state index in [1.807, 2.05) is 6.92 Å². The molecule has 1 saturated heterocycles. The number of nitrogens with one attached hydrogen (secondary N) is 1. The first-order chi connectivity index (χ1) is 17.7. The average molecular weight is 538 g/mol. The molecular formula is C26H20ClN3O6S. The number of hydrogen-bond acceptors (Lipinski definition) is 7. The molecule has 0 aromatic heterocycles. The van der Waals surface area contributed by atoms with Crippen LogP contribution in [0.4, 0.5) is 16.2 Å². The van der Waals surface area contributed by atoms with E-state index in [0.29, 0.717) is 27.6 Å². The molecule has 0 unspecified atom stereocenters. The van der Waals surface area contributed by atoms with Crippen LogP contribution in [0.3, 0.4) is 0 Å². The second kappa shape index (κ2) is 11.3. The Balaban J connectivity index is 1.43. The molecule has 0 saturated carbocycles. The van der Waals surface area contributed by atoms with E-state index in [0.717, 1.165) is 22.2 Å². The lowest BCUT2D eigenvalue weighted by Crippen LogP contribution is -2.27. The summed E-state index contributed by atoms with van der Waals surface area (Å²) in [6.07, 6.45) is 1.54. The molecule has 0 aliphatic carbocycles. The van der Waals surface area contributed by atoms with Crippen molar-refractivity contribution in [3.05, 3.63) is 103 Å². The molecule has 37 heavy (non-hydrogen) atoms. The number of benzene rings is 3. The smallest absolute Gasteiger partial charge is 0.293 e. The standard InChI is InChI=1S/C26H20ClN3O6S/c1-16-6-9-19(13-21(16)27)28-24(31)15-36-22-5-3-2-4-18(22)12-23-25(32)29(26(33)37-23)14-17-7-10-20(11-8-17)30(34)35/h2-13H,14-15H2,1H3,(H,28,31)/b23-12-. The van der Waals surface area contributed by atoms with Crippen LogP contribution in [0.1, 0.15) is 16.7 Å². The van der Waals surface area contributed by atoms with Crippen LogP contribution < -0.4 is 10.1 Å². The number of aryl methyl sites for hydroxylation is 1. The third-order valence-corrected chi connectivity index (χ3v) is 6.70. The molecule has 3 aromatic carbocycles. The molecule has 9 nitrogen and oxygen atoms in total. The van der Waals surface area contributed by atoms with Gasteiger partial charge in [0.05, 0.1) is 16.4 Å². The molecule has 3 aromatic rings. The van der Waals surface area contributed by atoms with Crippen molar-refractivity contribution in [2.24, 2.45) is 0 Å². The molecule has 0 radical (unpaired) electrons. The number of ether oxygens (including phenoxy) is 1. The summed E-state index contributed by atoms with van der Waals surface area (Å²) in [4.78, 5) is 49.4. The van der Waals surface area contributed by atoms with Crippen molar-refractivity contribution in [3.8, 4) is 5.75 Å². The van der Waals surface area contributed by atoms with E-state index in [-0.39, 0.29) is 23.7 Å². The van der Waals surface area contributed by atoms with Crippen LogP contribution in [0.15, 0.2) is 71.6 Å². The third-order valence-electron chi connectivity index (χ3n) is 5.38. The molecule has 0 atom stereocenters. The Morgan fingerprint density at radius 1 is 1.14 bits per heavy atom. The maximum atomic E-state index is 12.9. The number of non-ortho nitro benzene ring substituents is 1. The van der Waals surface area contributed by atoms with E-state index in [1.165, 1.54) is 30.3 Å². The lowest BCUT2D eigenvalue weighted by atomic mass is 10.1. The number of carbonyl (C=O) groups is 3. The minimum absolute atomic E-state index is 0.0126. The monoisotopic (exact) mass is 537 g/mol. The summed E-state index contributed by atoms with van der Waals surface area (Å²) in [5.41, 5.74) is 2.46. The fourth-order valence-corrected chi connectivity index (χ4v) is 4.44. The highest BCUT2D eigenvalue weighted by Crippen LogP contribution is 2.35. The molecule has 1 aliphatic rings. The molecule has 0 bridgehead atoms. The zero-order valence-electron chi connectivity index (χ0n) is 19.5. The van der Waals surface area contributed by atoms with Crippen molar-refractivity contribution in [3.63, 3.8) is 0 Å². The number of carbonyl (C=O) groups excluding carboxylic acids is 3. The van der Waals surface area contributed by atoms with Crippen LogP contribution in [0.25, 0.3) is 6.08 Å². The number of nitro benzene ring substituents is 1. The summed E-state index contributed by atoms with van der Waals surface area (Å²) >= 11 is 6.88. The molecule has 11 heteroatoms. The molecule has 3 amide bonds. The summed E-state index contributed by atoms with van der Waals surface area (Å²) in [7, 11) is 0. The zero-order valence-corrected chi connectivity index (χ0v) is 21.0. The molecular weight excluding hydrogens is 518 g/mol. The lowest BCUT2D eigenvalue weighted by Gasteiger charge is -2.12. The van der Waals surface area contributed by atoms with Crippen LogP contribution in [-0.4, -0.2) is 33.5 Å². The van der Waals surface area contributed by atoms with Gasteiger partial charge in [-0.1, -0.05) is 48.0 Å². The van der Waals surface area contributed by atoms with Crippen molar-refractivity contribution in [1.82, 2.24) is 4.90 Å². The van der Waals surface area contributed by atoms with Gasteiger partial charge in [0.2, 0.25) is 0 Å². The van der Waals surface area contributed by atoms with Crippen molar-refractivity contribution in [1.29, 1.82) is 0 Å². The summed E-state index contributed by atoms with van der Waals surface area (Å²) in [6.45, 7) is 1.57. The van der Waals surface area contributed by atoms with Gasteiger partial charge < -0.3 is 10.1 Å². The molecule has 1 heterocycles. The minimum Gasteiger partial charge on any atom is -0.483 e. The second-order valence-electron chi connectivity index (χ2n) is 8.03. The highest BCUT2D eigenvalue weighted by molar-refractivity contribution is 8.18. The maximum Gasteiger partial charge on any atom is 0.293 e. The van der Waals surface area contributed by atoms with E-state index in [1.54, 1.807) is 42.5 Å². The topological polar surface area (TPSA) is 119 Å². The number of hydrogen-bond donors (Lipinski definition) is 1. The SMILES string of the molecule is Cc1ccc(NC(=O)COc2ccccc2/C=C2\SC(=O)N(Cc3ccc([N+](=O)[O-])cc3)C2=O)cc1Cl. The van der Waals surface area contributed by atoms with Crippen molar-refractivity contribution < 1.29 is 24.0 Å². The Bertz CT molecular complexity index is 1420. The van der Waals surface area contributed by atoms with Crippen LogP contribution in [0.5, 0.6) is 5.75 Å². The van der Waals surface area contributed by atoms with E-state index in [9.17, 15) is 24.5 Å². The molecule has 1 fully saturated rings. The summed E-state index contributed by atoms with van der Waals surface area (Å²) < 4.78 is 5.69. The Labute approximate surface area is 221 Å². The Hall–Kier alpha value is -4.15. The van der Waals surface area contributed by atoms with Gasteiger partial charge in [-0.3, -0.25) is 29.4 Å². The first-order valence-corrected chi connectivity index (χ1v) is 12.2. The number of anilines is 1. The van der Waals surface area contributed by atoms with Gasteiger partial charge >= 0.3 is 0 Å². The zero-order chi connectivity index (χ0) is 26.5. The number of imide groups is 1. The highest BCUT2D eigenvalue weighted by atomic mass is 35.5. The largest absolute Gasteiger partial charge is 0.483 e. The Kier molecular flexibility index (Phi) is 7.90. The van der Waals surface area contributed by atoms with Gasteiger partial charge in [0.1, 0.15) is 5.75 Å². The number of rotatable bonds is 8. The fourth-order valence-electron chi connectivity index (χ4n) is 3.43. The predicted octanol–water partition coefficient (Wildman–Crippen LogP) is 5.81. The number of nitrogens with zero attached hydrogens (tertiary/aromatic N) is 2. The molecule has 0 spiro atoms. The lowest BCUT2D eigenvalue weighted by molar-refractivity contribution is -0.384. The van der Waals surface area contributed by atoms with E-state index in [4.69, 9.17) is 16.3 Å².